The van der Waals surface area contributed by atoms with Crippen LogP contribution in [0.4, 0.5) is 0 Å². The van der Waals surface area contributed by atoms with Crippen LogP contribution < -0.4 is 5.73 Å². The average molecular weight is 284 g/mol. The second-order valence-electron chi connectivity index (χ2n) is 4.92. The molecule has 1 fully saturated rings. The van der Waals surface area contributed by atoms with E-state index in [1.54, 1.807) is 11.2 Å². The molecule has 19 heavy (non-hydrogen) atoms. The van der Waals surface area contributed by atoms with Crippen molar-refractivity contribution < 1.29 is 8.42 Å². The molecule has 0 saturated carbocycles. The van der Waals surface area contributed by atoms with E-state index in [2.05, 4.69) is 9.97 Å². The maximum Gasteiger partial charge on any atom is 0.222 e. The Balaban J connectivity index is 2.18. The van der Waals surface area contributed by atoms with Gasteiger partial charge in [0.1, 0.15) is 5.25 Å². The van der Waals surface area contributed by atoms with Crippen molar-refractivity contribution >= 4 is 10.0 Å². The van der Waals surface area contributed by atoms with E-state index in [0.717, 1.165) is 12.8 Å². The van der Waals surface area contributed by atoms with Gasteiger partial charge < -0.3 is 5.73 Å². The Morgan fingerprint density at radius 3 is 2.95 bits per heavy atom. The van der Waals surface area contributed by atoms with E-state index >= 15 is 0 Å². The van der Waals surface area contributed by atoms with Gasteiger partial charge in [0.25, 0.3) is 0 Å². The Morgan fingerprint density at radius 1 is 1.53 bits per heavy atom. The Kier molecular flexibility index (Phi) is 4.49. The van der Waals surface area contributed by atoms with E-state index in [1.807, 2.05) is 0 Å². The SMILES string of the molecule is CC(c1cnccn1)S(=O)(=O)N1CCCC(CN)C1. The summed E-state index contributed by atoms with van der Waals surface area (Å²) in [5, 5.41) is -0.669. The third-order valence-electron chi connectivity index (χ3n) is 3.62. The zero-order chi connectivity index (χ0) is 13.9. The lowest BCUT2D eigenvalue weighted by molar-refractivity contribution is 0.269. The standard InChI is InChI=1S/C12H20N4O2S/c1-10(12-8-14-4-5-15-12)19(17,18)16-6-2-3-11(7-13)9-16/h4-5,8,10-11H,2-3,6-7,9,13H2,1H3. The van der Waals surface area contributed by atoms with Crippen molar-refractivity contribution in [3.63, 3.8) is 0 Å². The van der Waals surface area contributed by atoms with Crippen molar-refractivity contribution in [2.45, 2.75) is 25.0 Å². The molecule has 0 radical (unpaired) electrons. The monoisotopic (exact) mass is 284 g/mol. The van der Waals surface area contributed by atoms with Gasteiger partial charge in [-0.15, -0.1) is 0 Å². The molecule has 1 aromatic rings. The van der Waals surface area contributed by atoms with Crippen LogP contribution in [0.3, 0.4) is 0 Å². The molecule has 2 atom stereocenters. The van der Waals surface area contributed by atoms with Gasteiger partial charge >= 0.3 is 0 Å². The molecule has 2 unspecified atom stereocenters. The highest BCUT2D eigenvalue weighted by Gasteiger charge is 2.34. The number of hydrogen-bond acceptors (Lipinski definition) is 5. The van der Waals surface area contributed by atoms with Gasteiger partial charge in [-0.05, 0) is 32.2 Å². The van der Waals surface area contributed by atoms with E-state index in [-0.39, 0.29) is 5.92 Å². The highest BCUT2D eigenvalue weighted by Crippen LogP contribution is 2.27. The molecule has 7 heteroatoms. The maximum atomic E-state index is 12.6. The molecule has 1 aromatic heterocycles. The lowest BCUT2D eigenvalue weighted by Crippen LogP contribution is -2.43. The third-order valence-corrected chi connectivity index (χ3v) is 5.81. The smallest absolute Gasteiger partial charge is 0.222 e. The van der Waals surface area contributed by atoms with Crippen LogP contribution in [0.25, 0.3) is 0 Å². The van der Waals surface area contributed by atoms with Crippen LogP contribution in [-0.4, -0.2) is 42.3 Å². The van der Waals surface area contributed by atoms with Crippen molar-refractivity contribution in [2.24, 2.45) is 11.7 Å². The first-order chi connectivity index (χ1) is 9.05. The third kappa shape index (κ3) is 3.10. The summed E-state index contributed by atoms with van der Waals surface area (Å²) in [5.41, 5.74) is 6.14. The van der Waals surface area contributed by atoms with Gasteiger partial charge in [0.05, 0.1) is 5.69 Å². The van der Waals surface area contributed by atoms with Crippen LogP contribution in [0.5, 0.6) is 0 Å². The zero-order valence-electron chi connectivity index (χ0n) is 11.1. The van der Waals surface area contributed by atoms with Crippen LogP contribution in [0.2, 0.25) is 0 Å². The van der Waals surface area contributed by atoms with E-state index < -0.39 is 15.3 Å². The average Bonchev–Trinajstić information content (AvgIpc) is 2.47. The number of nitrogens with two attached hydrogens (primary N) is 1. The summed E-state index contributed by atoms with van der Waals surface area (Å²) in [6.07, 6.45) is 6.43. The van der Waals surface area contributed by atoms with E-state index in [9.17, 15) is 8.42 Å². The summed E-state index contributed by atoms with van der Waals surface area (Å²) < 4.78 is 26.7. The number of hydrogen-bond donors (Lipinski definition) is 1. The highest BCUT2D eigenvalue weighted by molar-refractivity contribution is 7.89. The van der Waals surface area contributed by atoms with Crippen LogP contribution in [0, 0.1) is 5.92 Å². The van der Waals surface area contributed by atoms with Crippen molar-refractivity contribution in [1.29, 1.82) is 0 Å². The van der Waals surface area contributed by atoms with E-state index in [4.69, 9.17) is 5.73 Å². The second-order valence-corrected chi connectivity index (χ2v) is 7.17. The summed E-state index contributed by atoms with van der Waals surface area (Å²) in [6, 6.07) is 0. The van der Waals surface area contributed by atoms with Crippen molar-refractivity contribution in [2.75, 3.05) is 19.6 Å². The maximum absolute atomic E-state index is 12.6. The van der Waals surface area contributed by atoms with Crippen molar-refractivity contribution in [1.82, 2.24) is 14.3 Å². The fourth-order valence-corrected chi connectivity index (χ4v) is 4.02. The fraction of sp³-hybridized carbons (Fsp3) is 0.667. The van der Waals surface area contributed by atoms with Gasteiger partial charge in [-0.3, -0.25) is 9.97 Å². The molecular weight excluding hydrogens is 264 g/mol. The van der Waals surface area contributed by atoms with Crippen LogP contribution in [0.15, 0.2) is 18.6 Å². The minimum absolute atomic E-state index is 0.262. The molecule has 1 aliphatic heterocycles. The molecule has 6 nitrogen and oxygen atoms in total. The normalized spacial score (nSPS) is 23.2. The van der Waals surface area contributed by atoms with E-state index in [0.29, 0.717) is 25.3 Å². The molecule has 0 amide bonds. The Bertz CT molecular complexity index is 506. The predicted octanol–water partition coefficient (Wildman–Crippen LogP) is 0.538. The molecule has 106 valence electrons. The number of rotatable bonds is 4. The summed E-state index contributed by atoms with van der Waals surface area (Å²) in [6.45, 7) is 3.28. The molecule has 1 saturated heterocycles. The topological polar surface area (TPSA) is 89.2 Å². The quantitative estimate of drug-likeness (QED) is 0.871. The van der Waals surface area contributed by atoms with Gasteiger partial charge in [0.15, 0.2) is 0 Å². The summed E-state index contributed by atoms with van der Waals surface area (Å²) in [4.78, 5) is 8.02. The minimum atomic E-state index is -3.38. The Morgan fingerprint density at radius 2 is 2.32 bits per heavy atom. The van der Waals surface area contributed by atoms with Gasteiger partial charge in [-0.2, -0.15) is 0 Å². The number of piperidine rings is 1. The fourth-order valence-electron chi connectivity index (χ4n) is 2.35. The molecule has 0 aliphatic carbocycles. The number of aromatic nitrogens is 2. The summed E-state index contributed by atoms with van der Waals surface area (Å²) in [5.74, 6) is 0.262. The Labute approximate surface area is 114 Å². The van der Waals surface area contributed by atoms with Gasteiger partial charge in [-0.1, -0.05) is 0 Å². The zero-order valence-corrected chi connectivity index (χ0v) is 11.9. The summed E-state index contributed by atoms with van der Waals surface area (Å²) in [7, 11) is -3.38. The minimum Gasteiger partial charge on any atom is -0.330 e. The lowest BCUT2D eigenvalue weighted by Gasteiger charge is -2.32. The second kappa shape index (κ2) is 5.94. The first kappa shape index (κ1) is 14.4. The van der Waals surface area contributed by atoms with E-state index in [1.165, 1.54) is 18.6 Å². The highest BCUT2D eigenvalue weighted by atomic mass is 32.2. The number of sulfonamides is 1. The molecule has 0 spiro atoms. The molecule has 2 rings (SSSR count). The largest absolute Gasteiger partial charge is 0.330 e. The lowest BCUT2D eigenvalue weighted by atomic mass is 10.0. The predicted molar refractivity (Wildman–Crippen MR) is 72.7 cm³/mol. The number of nitrogens with zero attached hydrogens (tertiary/aromatic N) is 3. The molecule has 2 N–H and O–H groups in total. The van der Waals surface area contributed by atoms with Gasteiger partial charge in [-0.25, -0.2) is 12.7 Å². The van der Waals surface area contributed by atoms with Gasteiger partial charge in [0.2, 0.25) is 10.0 Å². The van der Waals surface area contributed by atoms with Crippen LogP contribution in [-0.2, 0) is 10.0 Å². The molecule has 2 heterocycles. The van der Waals surface area contributed by atoms with Crippen molar-refractivity contribution in [3.8, 4) is 0 Å². The van der Waals surface area contributed by atoms with Crippen molar-refractivity contribution in [3.05, 3.63) is 24.3 Å². The first-order valence-corrected chi connectivity index (χ1v) is 8.01. The van der Waals surface area contributed by atoms with Crippen LogP contribution >= 0.6 is 0 Å². The Hall–Kier alpha value is -1.05. The van der Waals surface area contributed by atoms with Gasteiger partial charge in [0, 0.05) is 31.7 Å². The van der Waals surface area contributed by atoms with Crippen LogP contribution in [0.1, 0.15) is 30.7 Å². The molecule has 0 bridgehead atoms. The first-order valence-electron chi connectivity index (χ1n) is 6.50. The molecule has 1 aliphatic rings. The molecular formula is C12H20N4O2S. The molecule has 0 aromatic carbocycles. The summed E-state index contributed by atoms with van der Waals surface area (Å²) >= 11 is 0.